The van der Waals surface area contributed by atoms with Crippen LogP contribution in [0.1, 0.15) is 13.3 Å². The van der Waals surface area contributed by atoms with Crippen LogP contribution in [-0.2, 0) is 14.4 Å². The number of allylic oxidation sites excluding steroid dienone is 1. The zero-order chi connectivity index (χ0) is 11.8. The Bertz CT molecular complexity index is 297. The van der Waals surface area contributed by atoms with E-state index >= 15 is 0 Å². The average Bonchev–Trinajstić information content (AvgIpc) is 2.16. The Morgan fingerprint density at radius 3 is 2.27 bits per heavy atom. The average molecular weight is 244 g/mol. The van der Waals surface area contributed by atoms with Crippen LogP contribution < -0.4 is 0 Å². The van der Waals surface area contributed by atoms with Gasteiger partial charge in [0.1, 0.15) is 0 Å². The summed E-state index contributed by atoms with van der Waals surface area (Å²) in [7, 11) is 0. The second kappa shape index (κ2) is 7.48. The molecule has 0 heterocycles. The first-order chi connectivity index (χ1) is 6.99. The summed E-state index contributed by atoms with van der Waals surface area (Å²) in [5, 5.41) is -0.436. The Balaban J connectivity index is 3.95. The predicted molar refractivity (Wildman–Crippen MR) is 64.7 cm³/mol. The van der Waals surface area contributed by atoms with E-state index in [1.165, 1.54) is 6.08 Å². The van der Waals surface area contributed by atoms with E-state index in [1.807, 2.05) is 0 Å². The summed E-state index contributed by atoms with van der Waals surface area (Å²) >= 11 is 1.98. The molecule has 0 aromatic rings. The third kappa shape index (κ3) is 7.16. The molecule has 0 radical (unpaired) electrons. The van der Waals surface area contributed by atoms with Gasteiger partial charge in [-0.15, -0.1) is 0 Å². The minimum absolute atomic E-state index is 0.165. The zero-order valence-electron chi connectivity index (χ0n) is 8.39. The maximum absolute atomic E-state index is 11.2. The molecule has 0 saturated heterocycles. The number of carbonyl (C=O) groups excluding carboxylic acids is 3. The van der Waals surface area contributed by atoms with Gasteiger partial charge in [0.15, 0.2) is 10.9 Å². The molecular weight excluding hydrogens is 232 g/mol. The fourth-order valence-electron chi connectivity index (χ4n) is 0.677. The van der Waals surface area contributed by atoms with Crippen LogP contribution >= 0.6 is 23.5 Å². The van der Waals surface area contributed by atoms with Gasteiger partial charge in [-0.1, -0.05) is 36.7 Å². The van der Waals surface area contributed by atoms with Gasteiger partial charge >= 0.3 is 0 Å². The molecule has 0 rings (SSSR count). The molecule has 15 heavy (non-hydrogen) atoms. The fourth-order valence-corrected chi connectivity index (χ4v) is 2.50. The summed E-state index contributed by atoms with van der Waals surface area (Å²) in [5.74, 6) is -0.306. The van der Waals surface area contributed by atoms with E-state index < -0.39 is 0 Å². The number of hydrogen-bond acceptors (Lipinski definition) is 5. The monoisotopic (exact) mass is 244 g/mol. The molecule has 0 aliphatic carbocycles. The summed E-state index contributed by atoms with van der Waals surface area (Å²) in [4.78, 5) is 33.0. The highest BCUT2D eigenvalue weighted by Gasteiger charge is 2.14. The predicted octanol–water partition coefficient (Wildman–Crippen LogP) is 2.18. The van der Waals surface area contributed by atoms with E-state index in [0.717, 1.165) is 29.6 Å². The third-order valence-corrected chi connectivity index (χ3v) is 3.34. The summed E-state index contributed by atoms with van der Waals surface area (Å²) in [5.41, 5.74) is 0. The highest BCUT2D eigenvalue weighted by atomic mass is 32.2. The number of rotatable bonds is 6. The normalized spacial score (nSPS) is 11.5. The molecule has 0 fully saturated rings. The molecule has 0 aromatic carbocycles. The van der Waals surface area contributed by atoms with Crippen molar-refractivity contribution in [1.82, 2.24) is 0 Å². The van der Waals surface area contributed by atoms with E-state index in [1.54, 1.807) is 6.92 Å². The Labute approximate surface area is 97.4 Å². The molecule has 0 saturated carbocycles. The second-order valence-electron chi connectivity index (χ2n) is 2.55. The fraction of sp³-hybridized carbons (Fsp3) is 0.300. The van der Waals surface area contributed by atoms with Crippen molar-refractivity contribution in [2.24, 2.45) is 0 Å². The lowest BCUT2D eigenvalue weighted by Crippen LogP contribution is -2.05. The topological polar surface area (TPSA) is 51.2 Å². The lowest BCUT2D eigenvalue weighted by atomic mass is 10.3. The maximum Gasteiger partial charge on any atom is 0.212 e. The number of hydrogen-bond donors (Lipinski definition) is 0. The lowest BCUT2D eigenvalue weighted by Gasteiger charge is -2.05. The molecule has 0 aliphatic rings. The van der Waals surface area contributed by atoms with Crippen LogP contribution in [0.25, 0.3) is 0 Å². The molecule has 0 spiro atoms. The summed E-state index contributed by atoms with van der Waals surface area (Å²) in [6, 6.07) is 0. The molecule has 3 nitrogen and oxygen atoms in total. The highest BCUT2D eigenvalue weighted by molar-refractivity contribution is 8.29. The van der Waals surface area contributed by atoms with Crippen molar-refractivity contribution in [2.45, 2.75) is 17.9 Å². The van der Waals surface area contributed by atoms with Gasteiger partial charge in [-0.2, -0.15) is 0 Å². The summed E-state index contributed by atoms with van der Waals surface area (Å²) in [6.07, 6.45) is 2.15. The third-order valence-electron chi connectivity index (χ3n) is 1.29. The first kappa shape index (κ1) is 14.2. The highest BCUT2D eigenvalue weighted by Crippen LogP contribution is 2.25. The Morgan fingerprint density at radius 1 is 1.20 bits per heavy atom. The first-order valence-electron chi connectivity index (χ1n) is 4.17. The van der Waals surface area contributed by atoms with Crippen molar-refractivity contribution in [3.63, 3.8) is 0 Å². The second-order valence-corrected chi connectivity index (χ2v) is 5.59. The van der Waals surface area contributed by atoms with Crippen LogP contribution in [0.3, 0.4) is 0 Å². The van der Waals surface area contributed by atoms with Gasteiger partial charge in [0.05, 0.1) is 11.0 Å². The van der Waals surface area contributed by atoms with Crippen molar-refractivity contribution in [3.8, 4) is 0 Å². The van der Waals surface area contributed by atoms with Crippen molar-refractivity contribution in [3.05, 3.63) is 25.3 Å². The van der Waals surface area contributed by atoms with Crippen LogP contribution in [0.2, 0.25) is 0 Å². The minimum Gasteiger partial charge on any atom is -0.294 e. The molecule has 1 atom stereocenters. The van der Waals surface area contributed by atoms with Crippen LogP contribution in [-0.4, -0.2) is 20.6 Å². The Morgan fingerprint density at radius 2 is 1.80 bits per heavy atom. The van der Waals surface area contributed by atoms with Gasteiger partial charge in [-0.05, 0) is 19.1 Å². The molecule has 5 heteroatoms. The van der Waals surface area contributed by atoms with E-state index in [-0.39, 0.29) is 27.0 Å². The van der Waals surface area contributed by atoms with Crippen LogP contribution in [0.4, 0.5) is 0 Å². The summed E-state index contributed by atoms with van der Waals surface area (Å²) < 4.78 is -0.208. The van der Waals surface area contributed by atoms with Gasteiger partial charge in [0, 0.05) is 0 Å². The maximum atomic E-state index is 11.2. The molecule has 0 N–H and O–H groups in total. The van der Waals surface area contributed by atoms with E-state index in [0.29, 0.717) is 0 Å². The molecule has 0 aromatic heterocycles. The smallest absolute Gasteiger partial charge is 0.212 e. The number of carbonyl (C=O) groups is 3. The van der Waals surface area contributed by atoms with Gasteiger partial charge in [0.2, 0.25) is 5.12 Å². The standard InChI is InChI=1S/C10H12O3S2/c1-4-8(11)6-10(13)15-7(3)14-9(12)5-2/h4-5,7H,1-2,6H2,3H3. The molecule has 0 aliphatic heterocycles. The van der Waals surface area contributed by atoms with Crippen LogP contribution in [0.15, 0.2) is 25.3 Å². The molecule has 0 amide bonds. The van der Waals surface area contributed by atoms with E-state index in [2.05, 4.69) is 13.2 Å². The number of thioether (sulfide) groups is 2. The lowest BCUT2D eigenvalue weighted by molar-refractivity contribution is -0.120. The van der Waals surface area contributed by atoms with Crippen molar-refractivity contribution in [1.29, 1.82) is 0 Å². The van der Waals surface area contributed by atoms with Crippen LogP contribution in [0, 0.1) is 0 Å². The van der Waals surface area contributed by atoms with Gasteiger partial charge in [0.25, 0.3) is 0 Å². The van der Waals surface area contributed by atoms with E-state index in [4.69, 9.17) is 0 Å². The largest absolute Gasteiger partial charge is 0.294 e. The summed E-state index contributed by atoms with van der Waals surface area (Å²) in [6.45, 7) is 8.32. The van der Waals surface area contributed by atoms with Gasteiger partial charge < -0.3 is 0 Å². The van der Waals surface area contributed by atoms with Crippen molar-refractivity contribution < 1.29 is 14.4 Å². The molecule has 1 unspecified atom stereocenters. The Hall–Kier alpha value is -0.810. The molecule has 82 valence electrons. The van der Waals surface area contributed by atoms with Gasteiger partial charge in [-0.3, -0.25) is 14.4 Å². The zero-order valence-corrected chi connectivity index (χ0v) is 10.0. The molecular formula is C10H12O3S2. The molecule has 0 bridgehead atoms. The van der Waals surface area contributed by atoms with Crippen molar-refractivity contribution in [2.75, 3.05) is 0 Å². The van der Waals surface area contributed by atoms with Gasteiger partial charge in [-0.25, -0.2) is 0 Å². The minimum atomic E-state index is -0.306. The Kier molecular flexibility index (Phi) is 7.07. The number of ketones is 1. The SMILES string of the molecule is C=CC(=O)CC(=O)SC(C)SC(=O)C=C. The quantitative estimate of drug-likeness (QED) is 0.407. The van der Waals surface area contributed by atoms with Crippen LogP contribution in [0.5, 0.6) is 0 Å². The van der Waals surface area contributed by atoms with E-state index in [9.17, 15) is 14.4 Å². The first-order valence-corrected chi connectivity index (χ1v) is 5.93. The van der Waals surface area contributed by atoms with Crippen molar-refractivity contribution >= 4 is 39.5 Å².